The van der Waals surface area contributed by atoms with E-state index in [-0.39, 0.29) is 5.43 Å². The Bertz CT molecular complexity index is 2510. The lowest BCUT2D eigenvalue weighted by atomic mass is 9.82. The minimum atomic E-state index is -0.756. The van der Waals surface area contributed by atoms with Crippen LogP contribution in [0.25, 0.3) is 48.1 Å². The standard InChI is InChI=1S/C48H42N2O2S/c51-47-42-9-3-4-10-45(42)53-46-24-13-34(32-43(46)47)33-11-22-40-35(31-33)12-23-44-41(40)25-26-48(52-44,36-14-18-38(19-15-36)49-27-5-1-6-28-49)37-16-20-39(21-17-37)50-29-7-2-8-30-50/h3-4,9-26,31-32H,1-2,5-8,27-30H2. The van der Waals surface area contributed by atoms with E-state index in [1.54, 1.807) is 11.3 Å². The zero-order valence-electron chi connectivity index (χ0n) is 29.9. The Kier molecular flexibility index (Phi) is 8.06. The van der Waals surface area contributed by atoms with E-state index >= 15 is 0 Å². The minimum Gasteiger partial charge on any atom is -0.473 e. The van der Waals surface area contributed by atoms with E-state index in [4.69, 9.17) is 4.74 Å². The number of piperidine rings is 2. The van der Waals surface area contributed by atoms with Crippen molar-refractivity contribution in [2.75, 3.05) is 36.0 Å². The summed E-state index contributed by atoms with van der Waals surface area (Å²) in [5, 5.41) is 3.85. The Labute approximate surface area is 314 Å². The van der Waals surface area contributed by atoms with Crippen LogP contribution in [0.15, 0.2) is 132 Å². The summed E-state index contributed by atoms with van der Waals surface area (Å²) in [7, 11) is 0. The average molecular weight is 711 g/mol. The molecule has 10 rings (SSSR count). The van der Waals surface area contributed by atoms with E-state index in [0.29, 0.717) is 0 Å². The van der Waals surface area contributed by atoms with E-state index in [0.717, 1.165) is 90.7 Å². The first kappa shape index (κ1) is 32.3. The van der Waals surface area contributed by atoms with Crippen LogP contribution >= 0.6 is 11.3 Å². The molecule has 3 aliphatic heterocycles. The zero-order valence-corrected chi connectivity index (χ0v) is 30.7. The largest absolute Gasteiger partial charge is 0.473 e. The van der Waals surface area contributed by atoms with E-state index in [1.165, 1.54) is 49.9 Å². The van der Waals surface area contributed by atoms with Gasteiger partial charge in [0.25, 0.3) is 0 Å². The van der Waals surface area contributed by atoms with Gasteiger partial charge >= 0.3 is 0 Å². The second-order valence-electron chi connectivity index (χ2n) is 14.9. The van der Waals surface area contributed by atoms with Crippen molar-refractivity contribution < 1.29 is 4.74 Å². The summed E-state index contributed by atoms with van der Waals surface area (Å²) < 4.78 is 9.27. The predicted molar refractivity (Wildman–Crippen MR) is 224 cm³/mol. The first-order valence-corrected chi connectivity index (χ1v) is 20.1. The van der Waals surface area contributed by atoms with Crippen molar-refractivity contribution in [3.8, 4) is 16.9 Å². The summed E-state index contributed by atoms with van der Waals surface area (Å²) in [4.78, 5) is 18.5. The van der Waals surface area contributed by atoms with Gasteiger partial charge in [-0.15, -0.1) is 11.3 Å². The first-order chi connectivity index (χ1) is 26.1. The maximum atomic E-state index is 13.5. The van der Waals surface area contributed by atoms with Gasteiger partial charge in [0.2, 0.25) is 0 Å². The second kappa shape index (κ2) is 13.2. The predicted octanol–water partition coefficient (Wildman–Crippen LogP) is 11.6. The molecule has 1 aromatic heterocycles. The van der Waals surface area contributed by atoms with Gasteiger partial charge < -0.3 is 14.5 Å². The molecular formula is C48H42N2O2S. The normalized spacial score (nSPS) is 16.9. The summed E-state index contributed by atoms with van der Waals surface area (Å²) in [5.74, 6) is 0.878. The molecule has 0 spiro atoms. The summed E-state index contributed by atoms with van der Waals surface area (Å²) in [6.07, 6.45) is 12.2. The summed E-state index contributed by atoms with van der Waals surface area (Å²) in [5.41, 5.74) is 7.41. The lowest BCUT2D eigenvalue weighted by Crippen LogP contribution is -2.35. The van der Waals surface area contributed by atoms with Crippen molar-refractivity contribution in [3.63, 3.8) is 0 Å². The van der Waals surface area contributed by atoms with Crippen molar-refractivity contribution in [2.24, 2.45) is 0 Å². The smallest absolute Gasteiger partial charge is 0.195 e. The molecule has 53 heavy (non-hydrogen) atoms. The third-order valence-corrected chi connectivity index (χ3v) is 12.9. The molecular weight excluding hydrogens is 669 g/mol. The second-order valence-corrected chi connectivity index (χ2v) is 16.0. The fourth-order valence-electron chi connectivity index (χ4n) is 8.79. The molecule has 4 nitrogen and oxygen atoms in total. The molecule has 0 saturated carbocycles. The maximum Gasteiger partial charge on any atom is 0.195 e. The molecule has 6 aromatic carbocycles. The number of hydrogen-bond acceptors (Lipinski definition) is 5. The lowest BCUT2D eigenvalue weighted by molar-refractivity contribution is 0.161. The minimum absolute atomic E-state index is 0.0964. The number of fused-ring (bicyclic) bond motifs is 5. The topological polar surface area (TPSA) is 32.8 Å². The molecule has 3 aliphatic rings. The molecule has 2 fully saturated rings. The van der Waals surface area contributed by atoms with Crippen molar-refractivity contribution in [1.82, 2.24) is 0 Å². The summed E-state index contributed by atoms with van der Waals surface area (Å²) >= 11 is 1.67. The van der Waals surface area contributed by atoms with E-state index in [9.17, 15) is 4.79 Å². The Balaban J connectivity index is 1.02. The van der Waals surface area contributed by atoms with Gasteiger partial charge in [0.15, 0.2) is 11.0 Å². The number of hydrogen-bond donors (Lipinski definition) is 0. The van der Waals surface area contributed by atoms with Gasteiger partial charge in [-0.2, -0.15) is 0 Å². The lowest BCUT2D eigenvalue weighted by Gasteiger charge is -2.37. The molecule has 2 saturated heterocycles. The van der Waals surface area contributed by atoms with Gasteiger partial charge in [-0.25, -0.2) is 0 Å². The van der Waals surface area contributed by atoms with Crippen LogP contribution in [0.1, 0.15) is 55.2 Å². The Hall–Kier alpha value is -5.39. The Morgan fingerprint density at radius 1 is 0.547 bits per heavy atom. The van der Waals surface area contributed by atoms with E-state index < -0.39 is 5.60 Å². The molecule has 0 aliphatic carbocycles. The van der Waals surface area contributed by atoms with Crippen LogP contribution in [0.3, 0.4) is 0 Å². The Morgan fingerprint density at radius 2 is 1.15 bits per heavy atom. The van der Waals surface area contributed by atoms with Gasteiger partial charge in [0.1, 0.15) is 5.75 Å². The van der Waals surface area contributed by atoms with Gasteiger partial charge in [-0.1, -0.05) is 60.7 Å². The maximum absolute atomic E-state index is 13.5. The van der Waals surface area contributed by atoms with Crippen LogP contribution in [0, 0.1) is 0 Å². The third kappa shape index (κ3) is 5.70. The van der Waals surface area contributed by atoms with Crippen LogP contribution in [0.2, 0.25) is 0 Å². The van der Waals surface area contributed by atoms with Gasteiger partial charge in [0.05, 0.1) is 0 Å². The number of nitrogens with zero attached hydrogens (tertiary/aromatic N) is 2. The van der Waals surface area contributed by atoms with Crippen LogP contribution in [0.4, 0.5) is 11.4 Å². The number of ether oxygens (including phenoxy) is 1. The molecule has 5 heteroatoms. The van der Waals surface area contributed by atoms with Gasteiger partial charge in [0, 0.05) is 74.4 Å². The average Bonchev–Trinajstić information content (AvgIpc) is 3.24. The van der Waals surface area contributed by atoms with Crippen LogP contribution in [0.5, 0.6) is 5.75 Å². The van der Waals surface area contributed by atoms with E-state index in [2.05, 4.69) is 119 Å². The quantitative estimate of drug-likeness (QED) is 0.167. The molecule has 0 N–H and O–H groups in total. The molecule has 0 radical (unpaired) electrons. The molecule has 0 unspecified atom stereocenters. The first-order valence-electron chi connectivity index (χ1n) is 19.3. The highest BCUT2D eigenvalue weighted by Gasteiger charge is 2.38. The van der Waals surface area contributed by atoms with Crippen LogP contribution in [-0.2, 0) is 5.60 Å². The highest BCUT2D eigenvalue weighted by Crippen LogP contribution is 2.45. The molecule has 0 bridgehead atoms. The van der Waals surface area contributed by atoms with Crippen molar-refractivity contribution in [3.05, 3.63) is 154 Å². The zero-order chi connectivity index (χ0) is 35.4. The highest BCUT2D eigenvalue weighted by atomic mass is 32.1. The third-order valence-electron chi connectivity index (χ3n) is 11.7. The van der Waals surface area contributed by atoms with E-state index in [1.807, 2.05) is 24.3 Å². The number of benzene rings is 6. The van der Waals surface area contributed by atoms with Gasteiger partial charge in [-0.05, 0) is 133 Å². The fraction of sp³-hybridized carbons (Fsp3) is 0.229. The van der Waals surface area contributed by atoms with Crippen molar-refractivity contribution >= 4 is 59.7 Å². The van der Waals surface area contributed by atoms with Crippen molar-refractivity contribution in [2.45, 2.75) is 44.1 Å². The molecule has 262 valence electrons. The van der Waals surface area contributed by atoms with Crippen LogP contribution < -0.4 is 20.0 Å². The fourth-order valence-corrected chi connectivity index (χ4v) is 9.84. The Morgan fingerprint density at radius 3 is 1.83 bits per heavy atom. The number of anilines is 2. The molecule has 0 atom stereocenters. The van der Waals surface area contributed by atoms with Crippen LogP contribution in [-0.4, -0.2) is 26.2 Å². The highest BCUT2D eigenvalue weighted by molar-refractivity contribution is 7.24. The molecule has 0 amide bonds. The summed E-state index contributed by atoms with van der Waals surface area (Å²) in [6, 6.07) is 43.3. The number of rotatable bonds is 5. The monoisotopic (exact) mass is 710 g/mol. The molecule has 7 aromatic rings. The SMILES string of the molecule is O=c1c2ccccc2sc2ccc(-c3ccc4c5c(ccc4c3)OC(c3ccc(N4CCCCC4)cc3)(c3ccc(N4CCCCC4)cc3)C=C5)cc12. The van der Waals surface area contributed by atoms with Gasteiger partial charge in [-0.3, -0.25) is 4.79 Å². The van der Waals surface area contributed by atoms with Crippen molar-refractivity contribution in [1.29, 1.82) is 0 Å². The summed E-state index contributed by atoms with van der Waals surface area (Å²) in [6.45, 7) is 4.50. The molecule has 4 heterocycles.